The number of nitrogens with zero attached hydrogens (tertiary/aromatic N) is 5. The highest BCUT2D eigenvalue weighted by Crippen LogP contribution is 2.50. The van der Waals surface area contributed by atoms with Crippen LogP contribution in [-0.4, -0.2) is 200 Å². The Balaban J connectivity index is 0.722. The number of carbonyl (C=O) groups excluding carboxylic acids is 7. The Bertz CT molecular complexity index is 3820. The van der Waals surface area contributed by atoms with Gasteiger partial charge in [0, 0.05) is 77.6 Å². The minimum atomic E-state index is -1.88. The number of hydrogen-bond acceptors (Lipinski definition) is 18. The number of aliphatic carboxylic acids is 1. The normalized spacial score (nSPS) is 22.8. The highest BCUT2D eigenvalue weighted by molar-refractivity contribution is 6.34. The number of carbonyl (C=O) groups is 8. The number of ether oxygens (including phenoxy) is 8. The molecule has 4 aliphatic rings. The Morgan fingerprint density at radius 1 is 0.889 bits per heavy atom. The van der Waals surface area contributed by atoms with Crippen molar-refractivity contribution < 1.29 is 86.5 Å². The number of hydrogen-bond donors (Lipinski definition) is 5. The van der Waals surface area contributed by atoms with E-state index in [1.165, 1.54) is 35.9 Å². The van der Waals surface area contributed by atoms with E-state index >= 15 is 0 Å². The lowest BCUT2D eigenvalue weighted by molar-refractivity contribution is -0.162. The van der Waals surface area contributed by atoms with E-state index in [-0.39, 0.29) is 84.5 Å². The number of fused-ring (bicyclic) bond motifs is 9. The van der Waals surface area contributed by atoms with Crippen molar-refractivity contribution in [1.29, 1.82) is 0 Å². The summed E-state index contributed by atoms with van der Waals surface area (Å²) in [5.41, 5.74) is 5.59. The van der Waals surface area contributed by atoms with Gasteiger partial charge in [-0.1, -0.05) is 115 Å². The van der Waals surface area contributed by atoms with Crippen molar-refractivity contribution in [2.24, 2.45) is 5.92 Å². The zero-order valence-corrected chi connectivity index (χ0v) is 58.2. The van der Waals surface area contributed by atoms with Crippen LogP contribution in [-0.2, 0) is 81.6 Å². The molecule has 0 saturated carbocycles. The van der Waals surface area contributed by atoms with Crippen molar-refractivity contribution >= 4 is 76.1 Å². The van der Waals surface area contributed by atoms with Crippen LogP contribution in [0.2, 0.25) is 5.02 Å². The van der Waals surface area contributed by atoms with Crippen molar-refractivity contribution in [3.63, 3.8) is 0 Å². The minimum Gasteiger partial charge on any atom is -0.481 e. The number of aryl methyl sites for hydroxylation is 1. The summed E-state index contributed by atoms with van der Waals surface area (Å²) in [7, 11) is 7.76. The molecule has 1 unspecified atom stereocenters. The van der Waals surface area contributed by atoms with Crippen molar-refractivity contribution in [1.82, 2.24) is 35.4 Å². The van der Waals surface area contributed by atoms with E-state index in [1.807, 2.05) is 98.8 Å². The van der Waals surface area contributed by atoms with Crippen LogP contribution in [0.1, 0.15) is 93.7 Å². The van der Waals surface area contributed by atoms with Crippen LogP contribution >= 0.6 is 11.6 Å². The van der Waals surface area contributed by atoms with Gasteiger partial charge in [0.15, 0.2) is 12.5 Å². The fourth-order valence-electron chi connectivity index (χ4n) is 12.8. The number of para-hydroxylation sites is 1. The number of amides is 6. The summed E-state index contributed by atoms with van der Waals surface area (Å²) >= 11 is 6.85. The molecular weight excluding hydrogens is 1300 g/mol. The first kappa shape index (κ1) is 74.3. The first-order valence-corrected chi connectivity index (χ1v) is 33.3. The molecular formula is C72H89ClN8O18. The number of methoxy groups -OCH3 is 1. The third kappa shape index (κ3) is 17.9. The quantitative estimate of drug-likeness (QED) is 0.0121. The lowest BCUT2D eigenvalue weighted by Gasteiger charge is -2.42. The number of carboxylic acids is 1. The molecule has 26 nitrogen and oxygen atoms in total. The lowest BCUT2D eigenvalue weighted by Crippen LogP contribution is -2.63. The number of hydrazine groups is 1. The van der Waals surface area contributed by atoms with Crippen LogP contribution in [0.25, 0.3) is 22.0 Å². The third-order valence-corrected chi connectivity index (χ3v) is 19.4. The number of nitrogens with one attached hydrogen (secondary N) is 3. The zero-order chi connectivity index (χ0) is 71.5. The molecule has 4 aromatic carbocycles. The summed E-state index contributed by atoms with van der Waals surface area (Å²) in [6.07, 6.45) is -1.85. The van der Waals surface area contributed by atoms with Crippen molar-refractivity contribution in [3.05, 3.63) is 148 Å². The van der Waals surface area contributed by atoms with E-state index in [0.29, 0.717) is 22.8 Å². The second-order valence-electron chi connectivity index (χ2n) is 25.7. The largest absolute Gasteiger partial charge is 0.481 e. The number of aliphatic hydroxyl groups is 1. The fourth-order valence-corrected chi connectivity index (χ4v) is 13.1. The Labute approximate surface area is 580 Å². The molecule has 0 spiro atoms. The second-order valence-corrected chi connectivity index (χ2v) is 26.1. The SMILES string of the molecule is CO[C@@H]1/C=C/C=C(\C)Cc2cc(C)c(Cl)c(c2)N(C)C(=O)C[C@H](OC(=O)[C@H](C)N(C)C(=O)CCOCCOCCNC(=O)[C@H](CCC(=O)O)NC(=O)OCn2c(CN(C)N(C)C(=O)OCC3c4ccccc4-c4ccccc43)cc3ccccc32)[C@]2(C)OC2[C@H](C)[C@@H]2C[C@]1(O)NC(=O)O2. The molecule has 99 heavy (non-hydrogen) atoms. The van der Waals surface area contributed by atoms with Gasteiger partial charge >= 0.3 is 30.2 Å². The maximum atomic E-state index is 14.4. The number of benzene rings is 4. The molecule has 1 aliphatic carbocycles. The van der Waals surface area contributed by atoms with Crippen LogP contribution in [0.4, 0.5) is 20.1 Å². The van der Waals surface area contributed by atoms with Crippen LogP contribution in [0.15, 0.2) is 115 Å². The number of alkyl carbamates (subject to hydrolysis) is 2. The number of allylic oxidation sites excluding steroid dienone is 3. The van der Waals surface area contributed by atoms with E-state index in [2.05, 4.69) is 28.1 Å². The van der Waals surface area contributed by atoms with E-state index < -0.39 is 108 Å². The Morgan fingerprint density at radius 2 is 1.57 bits per heavy atom. The summed E-state index contributed by atoms with van der Waals surface area (Å²) in [6, 6.07) is 26.8. The van der Waals surface area contributed by atoms with E-state index in [0.717, 1.165) is 49.9 Å². The average molecular weight is 1390 g/mol. The highest BCUT2D eigenvalue weighted by Gasteiger charge is 2.64. The standard InChI is InChI=1S/C72H89ClN8O18/c1-43-18-17-25-59(92-10)72(91)39-58(97-69(89)76-72)45(3)65-71(5,99-65)60(38-62(83)79(8)57-36-47(34-43)35-44(2)64(57)73)98-67(87)46(4)78(7)61(82)28-30-93-32-33-94-31-29-74-66(86)55(26-27-63(84)85)75-68(88)96-42-81-49(37-48-19-11-16-24-56(48)81)40-77(6)80(9)70(90)95-41-54-52-22-14-12-20-50(52)51-21-13-15-23-53(51)54/h11-25,35-37,45-46,54-55,58-60,65,91H,26-34,38-42H2,1-10H3,(H,74,86)(H,75,88)(H,76,89)(H,84,85)/b25-17+,43-18+/t45-,46+,55+,58+,59-,60+,65?,71+,72-/m1/s1. The van der Waals surface area contributed by atoms with Crippen LogP contribution in [0.3, 0.4) is 0 Å². The van der Waals surface area contributed by atoms with E-state index in [9.17, 15) is 48.6 Å². The third-order valence-electron chi connectivity index (χ3n) is 18.9. The molecule has 2 fully saturated rings. The van der Waals surface area contributed by atoms with Gasteiger partial charge in [-0.25, -0.2) is 29.2 Å². The lowest BCUT2D eigenvalue weighted by atomic mass is 9.83. The van der Waals surface area contributed by atoms with Gasteiger partial charge in [-0.3, -0.25) is 24.5 Å². The number of rotatable bonds is 25. The first-order valence-electron chi connectivity index (χ1n) is 32.9. The Morgan fingerprint density at radius 3 is 2.26 bits per heavy atom. The number of esters is 1. The van der Waals surface area contributed by atoms with Crippen molar-refractivity contribution in [2.45, 2.75) is 140 Å². The fraction of sp³-hybridized carbons (Fsp3) is 0.472. The summed E-state index contributed by atoms with van der Waals surface area (Å²) in [5.74, 6) is -4.33. The topological polar surface area (TPSA) is 308 Å². The zero-order valence-electron chi connectivity index (χ0n) is 57.5. The van der Waals surface area contributed by atoms with Gasteiger partial charge < -0.3 is 73.1 Å². The maximum absolute atomic E-state index is 14.4. The number of epoxide rings is 1. The monoisotopic (exact) mass is 1390 g/mol. The van der Waals surface area contributed by atoms with Crippen LogP contribution < -0.4 is 20.9 Å². The van der Waals surface area contributed by atoms with Gasteiger partial charge in [0.2, 0.25) is 17.7 Å². The van der Waals surface area contributed by atoms with Gasteiger partial charge in [0.25, 0.3) is 0 Å². The smallest absolute Gasteiger partial charge is 0.424 e. The molecule has 4 bridgehead atoms. The summed E-state index contributed by atoms with van der Waals surface area (Å²) in [4.78, 5) is 110. The van der Waals surface area contributed by atoms with Gasteiger partial charge in [-0.15, -0.1) is 0 Å². The molecule has 5 N–H and O–H groups in total. The number of halogens is 1. The predicted molar refractivity (Wildman–Crippen MR) is 365 cm³/mol. The molecule has 9 rings (SSSR count). The molecule has 0 radical (unpaired) electrons. The van der Waals surface area contributed by atoms with Gasteiger partial charge in [0.1, 0.15) is 42.6 Å². The predicted octanol–water partition coefficient (Wildman–Crippen LogP) is 8.15. The number of carboxylic acid groups (broad SMARTS) is 1. The highest BCUT2D eigenvalue weighted by atomic mass is 35.5. The van der Waals surface area contributed by atoms with Crippen molar-refractivity contribution in [3.8, 4) is 11.1 Å². The van der Waals surface area contributed by atoms with Gasteiger partial charge in [-0.2, -0.15) is 0 Å². The maximum Gasteiger partial charge on any atom is 0.424 e. The Kier molecular flexibility index (Phi) is 24.7. The minimum absolute atomic E-state index is 0.00710. The molecule has 9 atom stereocenters. The number of anilines is 1. The van der Waals surface area contributed by atoms with Crippen molar-refractivity contribution in [2.75, 3.05) is 79.8 Å². The molecule has 4 heterocycles. The van der Waals surface area contributed by atoms with Crippen LogP contribution in [0, 0.1) is 12.8 Å². The molecule has 6 amide bonds. The van der Waals surface area contributed by atoms with E-state index in [4.69, 9.17) is 49.5 Å². The molecule has 532 valence electrons. The summed E-state index contributed by atoms with van der Waals surface area (Å²) in [6.45, 7) is 8.79. The van der Waals surface area contributed by atoms with Crippen LogP contribution in [0.5, 0.6) is 0 Å². The number of aromatic nitrogens is 1. The summed E-state index contributed by atoms with van der Waals surface area (Å²) in [5, 5.41) is 33.3. The van der Waals surface area contributed by atoms with Gasteiger partial charge in [-0.05, 0) is 92.1 Å². The molecule has 27 heteroatoms. The molecule has 5 aromatic rings. The summed E-state index contributed by atoms with van der Waals surface area (Å²) < 4.78 is 48.5. The van der Waals surface area contributed by atoms with E-state index in [1.54, 1.807) is 56.7 Å². The first-order chi connectivity index (χ1) is 47.2. The Hall–Kier alpha value is -8.89. The average Bonchev–Trinajstić information content (AvgIpc) is 1.58. The second kappa shape index (κ2) is 32.9. The number of likely N-dealkylation sites (N-methyl/N-ethyl adjacent to an activating group) is 1. The molecule has 1 aromatic heterocycles. The van der Waals surface area contributed by atoms with Gasteiger partial charge in [0.05, 0.1) is 68.1 Å². The molecule has 2 saturated heterocycles. The molecule has 3 aliphatic heterocycles.